The van der Waals surface area contributed by atoms with E-state index < -0.39 is 5.60 Å². The Balaban J connectivity index is 2.70. The van der Waals surface area contributed by atoms with Crippen LogP contribution >= 0.6 is 0 Å². The van der Waals surface area contributed by atoms with E-state index in [1.807, 2.05) is 31.2 Å². The number of fused-ring (bicyclic) bond motifs is 1. The molecule has 1 N–H and O–H groups in total. The average molecular weight is 228 g/mol. The molecule has 1 heteroatoms. The molecule has 1 nitrogen and oxygen atoms in total. The van der Waals surface area contributed by atoms with Crippen LogP contribution in [0.1, 0.15) is 32.8 Å². The second kappa shape index (κ2) is 4.50. The molecule has 0 fully saturated rings. The van der Waals surface area contributed by atoms with Crippen molar-refractivity contribution < 1.29 is 5.11 Å². The fourth-order valence-corrected chi connectivity index (χ4v) is 2.51. The van der Waals surface area contributed by atoms with Crippen LogP contribution in [-0.4, -0.2) is 5.11 Å². The molecule has 17 heavy (non-hydrogen) atoms. The molecule has 1 unspecified atom stereocenters. The van der Waals surface area contributed by atoms with Crippen molar-refractivity contribution in [2.75, 3.05) is 0 Å². The molecule has 0 saturated carbocycles. The van der Waals surface area contributed by atoms with Crippen molar-refractivity contribution in [1.29, 1.82) is 0 Å². The molecule has 0 spiro atoms. The van der Waals surface area contributed by atoms with E-state index in [9.17, 15) is 5.11 Å². The highest BCUT2D eigenvalue weighted by Gasteiger charge is 2.32. The molecule has 0 heterocycles. The van der Waals surface area contributed by atoms with Crippen LogP contribution in [0.4, 0.5) is 0 Å². The van der Waals surface area contributed by atoms with Gasteiger partial charge in [0.2, 0.25) is 0 Å². The van der Waals surface area contributed by atoms with Gasteiger partial charge in [-0.3, -0.25) is 0 Å². The Bertz CT molecular complexity index is 510. The summed E-state index contributed by atoms with van der Waals surface area (Å²) in [5.41, 5.74) is 0.314. The highest BCUT2D eigenvalue weighted by Crippen LogP contribution is 2.36. The molecule has 0 amide bonds. The van der Waals surface area contributed by atoms with Gasteiger partial charge in [-0.25, -0.2) is 0 Å². The third-order valence-corrected chi connectivity index (χ3v) is 3.75. The van der Waals surface area contributed by atoms with Gasteiger partial charge in [-0.2, -0.15) is 0 Å². The van der Waals surface area contributed by atoms with E-state index in [-0.39, 0.29) is 5.92 Å². The van der Waals surface area contributed by atoms with Crippen molar-refractivity contribution in [1.82, 2.24) is 0 Å². The van der Waals surface area contributed by atoms with E-state index in [0.717, 1.165) is 17.4 Å². The van der Waals surface area contributed by atoms with E-state index in [2.05, 4.69) is 32.0 Å². The standard InChI is InChI=1S/C16H20O/c1-4-16(17,12(2)3)15-11-7-9-13-8-5-6-10-14(13)15/h5-12,17H,4H2,1-3H3. The molecule has 2 aromatic carbocycles. The summed E-state index contributed by atoms with van der Waals surface area (Å²) >= 11 is 0. The zero-order valence-electron chi connectivity index (χ0n) is 10.8. The Morgan fingerprint density at radius 1 is 1.06 bits per heavy atom. The van der Waals surface area contributed by atoms with Crippen LogP contribution in [0.25, 0.3) is 10.8 Å². The largest absolute Gasteiger partial charge is 0.385 e. The lowest BCUT2D eigenvalue weighted by atomic mass is 9.79. The predicted octanol–water partition coefficient (Wildman–Crippen LogP) is 4.09. The molecule has 0 aromatic heterocycles. The first-order valence-electron chi connectivity index (χ1n) is 6.30. The van der Waals surface area contributed by atoms with Crippen LogP contribution < -0.4 is 0 Å². The number of hydrogen-bond acceptors (Lipinski definition) is 1. The molecule has 0 radical (unpaired) electrons. The third-order valence-electron chi connectivity index (χ3n) is 3.75. The van der Waals surface area contributed by atoms with Gasteiger partial charge in [0.05, 0.1) is 5.60 Å². The fraction of sp³-hybridized carbons (Fsp3) is 0.375. The minimum atomic E-state index is -0.735. The van der Waals surface area contributed by atoms with Crippen LogP contribution in [0.3, 0.4) is 0 Å². The fourth-order valence-electron chi connectivity index (χ4n) is 2.51. The lowest BCUT2D eigenvalue weighted by molar-refractivity contribution is -0.0126. The molecule has 0 saturated heterocycles. The van der Waals surface area contributed by atoms with Crippen molar-refractivity contribution in [2.45, 2.75) is 32.8 Å². The minimum absolute atomic E-state index is 0.207. The van der Waals surface area contributed by atoms with Gasteiger partial charge in [0.15, 0.2) is 0 Å². The Morgan fingerprint density at radius 3 is 2.35 bits per heavy atom. The molecule has 0 bridgehead atoms. The van der Waals surface area contributed by atoms with Gasteiger partial charge in [0.25, 0.3) is 0 Å². The lowest BCUT2D eigenvalue weighted by Gasteiger charge is -2.32. The van der Waals surface area contributed by atoms with Crippen LogP contribution in [-0.2, 0) is 5.60 Å². The molecule has 0 aliphatic rings. The third kappa shape index (κ3) is 1.96. The molecular formula is C16H20O. The maximum Gasteiger partial charge on any atom is 0.0922 e. The summed E-state index contributed by atoms with van der Waals surface area (Å²) in [6, 6.07) is 14.4. The highest BCUT2D eigenvalue weighted by molar-refractivity contribution is 5.86. The first-order valence-corrected chi connectivity index (χ1v) is 6.30. The SMILES string of the molecule is CCC(O)(c1cccc2ccccc12)C(C)C. The molecule has 0 aliphatic heterocycles. The average Bonchev–Trinajstić information content (AvgIpc) is 2.37. The summed E-state index contributed by atoms with van der Waals surface area (Å²) in [5, 5.41) is 13.2. The smallest absolute Gasteiger partial charge is 0.0922 e. The van der Waals surface area contributed by atoms with Crippen molar-refractivity contribution in [3.63, 3.8) is 0 Å². The van der Waals surface area contributed by atoms with E-state index in [1.54, 1.807) is 0 Å². The van der Waals surface area contributed by atoms with Gasteiger partial charge in [0, 0.05) is 0 Å². The highest BCUT2D eigenvalue weighted by atomic mass is 16.3. The summed E-state index contributed by atoms with van der Waals surface area (Å²) in [6.45, 7) is 6.19. The Labute approximate surface area is 103 Å². The molecule has 90 valence electrons. The molecule has 2 rings (SSSR count). The second-order valence-electron chi connectivity index (χ2n) is 4.96. The first-order chi connectivity index (χ1) is 8.09. The summed E-state index contributed by atoms with van der Waals surface area (Å²) < 4.78 is 0. The Hall–Kier alpha value is -1.34. The van der Waals surface area contributed by atoms with Crippen molar-refractivity contribution in [2.24, 2.45) is 5.92 Å². The summed E-state index contributed by atoms with van der Waals surface area (Å²) in [6.07, 6.45) is 0.735. The van der Waals surface area contributed by atoms with Crippen molar-refractivity contribution in [3.05, 3.63) is 48.0 Å². The normalized spacial score (nSPS) is 15.1. The molecule has 2 aromatic rings. The second-order valence-corrected chi connectivity index (χ2v) is 4.96. The van der Waals surface area contributed by atoms with Crippen LogP contribution in [0.2, 0.25) is 0 Å². The molecule has 0 aliphatic carbocycles. The maximum atomic E-state index is 10.9. The van der Waals surface area contributed by atoms with E-state index >= 15 is 0 Å². The van der Waals surface area contributed by atoms with Crippen molar-refractivity contribution >= 4 is 10.8 Å². The quantitative estimate of drug-likeness (QED) is 0.838. The summed E-state index contributed by atoms with van der Waals surface area (Å²) in [5.74, 6) is 0.207. The zero-order valence-corrected chi connectivity index (χ0v) is 10.8. The van der Waals surface area contributed by atoms with E-state index in [1.165, 1.54) is 5.39 Å². The van der Waals surface area contributed by atoms with Crippen molar-refractivity contribution in [3.8, 4) is 0 Å². The molecule has 1 atom stereocenters. The Morgan fingerprint density at radius 2 is 1.71 bits per heavy atom. The van der Waals surface area contributed by atoms with Gasteiger partial charge in [-0.15, -0.1) is 0 Å². The van der Waals surface area contributed by atoms with Gasteiger partial charge >= 0.3 is 0 Å². The zero-order chi connectivity index (χ0) is 12.5. The maximum absolute atomic E-state index is 10.9. The summed E-state index contributed by atoms with van der Waals surface area (Å²) in [4.78, 5) is 0. The predicted molar refractivity (Wildman–Crippen MR) is 73.0 cm³/mol. The van der Waals surface area contributed by atoms with Gasteiger partial charge < -0.3 is 5.11 Å². The number of benzene rings is 2. The van der Waals surface area contributed by atoms with Gasteiger partial charge in [-0.1, -0.05) is 63.2 Å². The van der Waals surface area contributed by atoms with E-state index in [4.69, 9.17) is 0 Å². The van der Waals surface area contributed by atoms with Crippen LogP contribution in [0.15, 0.2) is 42.5 Å². The van der Waals surface area contributed by atoms with Gasteiger partial charge in [0.1, 0.15) is 0 Å². The van der Waals surface area contributed by atoms with Crippen LogP contribution in [0, 0.1) is 5.92 Å². The van der Waals surface area contributed by atoms with Gasteiger partial charge in [-0.05, 0) is 28.7 Å². The minimum Gasteiger partial charge on any atom is -0.385 e. The molecular weight excluding hydrogens is 208 g/mol. The Kier molecular flexibility index (Phi) is 3.21. The number of hydrogen-bond donors (Lipinski definition) is 1. The van der Waals surface area contributed by atoms with E-state index in [0.29, 0.717) is 0 Å². The monoisotopic (exact) mass is 228 g/mol. The first kappa shape index (κ1) is 12.1. The topological polar surface area (TPSA) is 20.2 Å². The van der Waals surface area contributed by atoms with Crippen LogP contribution in [0.5, 0.6) is 0 Å². The number of rotatable bonds is 3. The summed E-state index contributed by atoms with van der Waals surface area (Å²) in [7, 11) is 0. The lowest BCUT2D eigenvalue weighted by Crippen LogP contribution is -2.31. The number of aliphatic hydroxyl groups is 1.